The first-order chi connectivity index (χ1) is 6.22. The van der Waals surface area contributed by atoms with E-state index in [4.69, 9.17) is 11.0 Å². The lowest BCUT2D eigenvalue weighted by molar-refractivity contribution is 0.353. The molecule has 0 unspecified atom stereocenters. The second-order valence-corrected chi connectivity index (χ2v) is 3.31. The van der Waals surface area contributed by atoms with E-state index in [9.17, 15) is 0 Å². The Labute approximate surface area is 76.6 Å². The molecule has 2 N–H and O–H groups in total. The van der Waals surface area contributed by atoms with E-state index < -0.39 is 0 Å². The summed E-state index contributed by atoms with van der Waals surface area (Å²) in [6.45, 7) is 1.66. The van der Waals surface area contributed by atoms with Gasteiger partial charge in [-0.1, -0.05) is 0 Å². The second kappa shape index (κ2) is 2.71. The topological polar surface area (TPSA) is 65.9 Å². The van der Waals surface area contributed by atoms with Crippen LogP contribution >= 0.6 is 0 Å². The third kappa shape index (κ3) is 1.14. The van der Waals surface area contributed by atoms with Crippen LogP contribution in [0.5, 0.6) is 0 Å². The van der Waals surface area contributed by atoms with Crippen molar-refractivity contribution < 1.29 is 0 Å². The first-order valence-electron chi connectivity index (χ1n) is 4.07. The molecule has 2 heterocycles. The monoisotopic (exact) mass is 174 g/mol. The summed E-state index contributed by atoms with van der Waals surface area (Å²) in [5.74, 6) is 0.344. The van der Waals surface area contributed by atoms with Crippen LogP contribution in [0.4, 0.5) is 5.82 Å². The van der Waals surface area contributed by atoms with Gasteiger partial charge in [-0.05, 0) is 18.2 Å². The normalized spacial score (nSPS) is 15.4. The minimum atomic E-state index is 0.344. The molecule has 1 aromatic heterocycles. The van der Waals surface area contributed by atoms with Crippen LogP contribution in [0.1, 0.15) is 16.7 Å². The van der Waals surface area contributed by atoms with Crippen LogP contribution in [0.3, 0.4) is 0 Å². The number of hydrogen-bond donors (Lipinski definition) is 1. The fourth-order valence-corrected chi connectivity index (χ4v) is 1.66. The van der Waals surface area contributed by atoms with E-state index in [0.717, 1.165) is 24.2 Å². The Morgan fingerprint density at radius 1 is 1.62 bits per heavy atom. The molecule has 1 aliphatic heterocycles. The number of hydrogen-bond acceptors (Lipinski definition) is 4. The van der Waals surface area contributed by atoms with Gasteiger partial charge in [0.05, 0.1) is 5.56 Å². The van der Waals surface area contributed by atoms with Gasteiger partial charge >= 0.3 is 0 Å². The van der Waals surface area contributed by atoms with Gasteiger partial charge in [-0.3, -0.25) is 4.90 Å². The Balaban J connectivity index is 2.60. The molecule has 1 aliphatic rings. The van der Waals surface area contributed by atoms with E-state index in [1.54, 1.807) is 6.20 Å². The summed E-state index contributed by atoms with van der Waals surface area (Å²) < 4.78 is 0. The zero-order valence-corrected chi connectivity index (χ0v) is 7.41. The zero-order chi connectivity index (χ0) is 9.42. The van der Waals surface area contributed by atoms with Crippen LogP contribution < -0.4 is 5.73 Å². The molecule has 13 heavy (non-hydrogen) atoms. The van der Waals surface area contributed by atoms with Gasteiger partial charge in [0.2, 0.25) is 0 Å². The van der Waals surface area contributed by atoms with Crippen molar-refractivity contribution in [3.8, 4) is 6.07 Å². The molecule has 0 atom stereocenters. The fraction of sp³-hybridized carbons (Fsp3) is 0.333. The molecule has 4 heteroatoms. The number of nitriles is 1. The van der Waals surface area contributed by atoms with E-state index in [2.05, 4.69) is 16.0 Å². The van der Waals surface area contributed by atoms with E-state index in [1.165, 1.54) is 0 Å². The highest BCUT2D eigenvalue weighted by Crippen LogP contribution is 2.26. The van der Waals surface area contributed by atoms with E-state index in [0.29, 0.717) is 11.4 Å². The molecule has 0 spiro atoms. The molecule has 2 rings (SSSR count). The Morgan fingerprint density at radius 2 is 2.38 bits per heavy atom. The van der Waals surface area contributed by atoms with Gasteiger partial charge in [-0.15, -0.1) is 0 Å². The van der Waals surface area contributed by atoms with Gasteiger partial charge in [0.25, 0.3) is 0 Å². The molecule has 66 valence electrons. The van der Waals surface area contributed by atoms with Crippen molar-refractivity contribution in [3.63, 3.8) is 0 Å². The molecule has 0 fully saturated rings. The molecule has 0 amide bonds. The van der Waals surface area contributed by atoms with E-state index in [-0.39, 0.29) is 0 Å². The molecular weight excluding hydrogens is 164 g/mol. The van der Waals surface area contributed by atoms with E-state index >= 15 is 0 Å². The lowest BCUT2D eigenvalue weighted by atomic mass is 10.1. The van der Waals surface area contributed by atoms with Crippen molar-refractivity contribution in [2.75, 3.05) is 12.8 Å². The Bertz CT molecular complexity index is 391. The molecule has 4 nitrogen and oxygen atoms in total. The number of fused-ring (bicyclic) bond motifs is 1. The maximum Gasteiger partial charge on any atom is 0.141 e. The second-order valence-electron chi connectivity index (χ2n) is 3.31. The van der Waals surface area contributed by atoms with E-state index in [1.807, 2.05) is 7.05 Å². The number of nitrogens with zero attached hydrogens (tertiary/aromatic N) is 3. The molecule has 0 saturated carbocycles. The highest BCUT2D eigenvalue weighted by Gasteiger charge is 2.20. The Kier molecular flexibility index (Phi) is 1.67. The largest absolute Gasteiger partial charge is 0.383 e. The highest BCUT2D eigenvalue weighted by atomic mass is 15.1. The number of nitrogen functional groups attached to an aromatic ring is 1. The smallest absolute Gasteiger partial charge is 0.141 e. The van der Waals surface area contributed by atoms with Crippen molar-refractivity contribution in [2.24, 2.45) is 0 Å². The summed E-state index contributed by atoms with van der Waals surface area (Å²) in [6, 6.07) is 2.10. The van der Waals surface area contributed by atoms with Gasteiger partial charge in [0, 0.05) is 19.3 Å². The molecule has 0 bridgehead atoms. The van der Waals surface area contributed by atoms with Crippen molar-refractivity contribution in [1.82, 2.24) is 9.88 Å². The summed E-state index contributed by atoms with van der Waals surface area (Å²) in [6.07, 6.45) is 1.76. The summed E-state index contributed by atoms with van der Waals surface area (Å²) in [5.41, 5.74) is 8.30. The average Bonchev–Trinajstić information content (AvgIpc) is 2.45. The quantitative estimate of drug-likeness (QED) is 0.621. The standard InChI is InChI=1S/C9H10N4/c1-13-4-6-3-12-9(11)7(2-10)8(6)5-13/h3H,4-5H2,1H3,(H2,11,12). The number of rotatable bonds is 0. The zero-order valence-electron chi connectivity index (χ0n) is 7.41. The lowest BCUT2D eigenvalue weighted by Gasteiger charge is -2.03. The van der Waals surface area contributed by atoms with Gasteiger partial charge < -0.3 is 5.73 Å². The van der Waals surface area contributed by atoms with Gasteiger partial charge in [0.15, 0.2) is 0 Å². The first kappa shape index (κ1) is 8.02. The third-order valence-electron chi connectivity index (χ3n) is 2.29. The Morgan fingerprint density at radius 3 is 3.08 bits per heavy atom. The van der Waals surface area contributed by atoms with Gasteiger partial charge in [-0.25, -0.2) is 4.98 Å². The predicted molar refractivity (Wildman–Crippen MR) is 48.5 cm³/mol. The predicted octanol–water partition coefficient (Wildman–Crippen LogP) is 0.481. The summed E-state index contributed by atoms with van der Waals surface area (Å²) in [5, 5.41) is 8.88. The third-order valence-corrected chi connectivity index (χ3v) is 2.29. The SMILES string of the molecule is CN1Cc2cnc(N)c(C#N)c2C1. The van der Waals surface area contributed by atoms with Crippen LogP contribution in [0.15, 0.2) is 6.20 Å². The van der Waals surface area contributed by atoms with Crippen LogP contribution in [-0.2, 0) is 13.1 Å². The molecule has 0 radical (unpaired) electrons. The maximum atomic E-state index is 8.88. The first-order valence-corrected chi connectivity index (χ1v) is 4.07. The van der Waals surface area contributed by atoms with Gasteiger partial charge in [-0.2, -0.15) is 5.26 Å². The summed E-state index contributed by atoms with van der Waals surface area (Å²) >= 11 is 0. The number of pyridine rings is 1. The van der Waals surface area contributed by atoms with Gasteiger partial charge in [0.1, 0.15) is 11.9 Å². The number of anilines is 1. The number of nitrogens with two attached hydrogens (primary N) is 1. The van der Waals surface area contributed by atoms with Crippen molar-refractivity contribution in [1.29, 1.82) is 5.26 Å². The minimum Gasteiger partial charge on any atom is -0.383 e. The molecule has 0 saturated heterocycles. The molecule has 0 aromatic carbocycles. The summed E-state index contributed by atoms with van der Waals surface area (Å²) in [4.78, 5) is 6.12. The average molecular weight is 174 g/mol. The highest BCUT2D eigenvalue weighted by molar-refractivity contribution is 5.56. The van der Waals surface area contributed by atoms with Crippen molar-refractivity contribution in [3.05, 3.63) is 22.9 Å². The molecular formula is C9H10N4. The maximum absolute atomic E-state index is 8.88. The fourth-order valence-electron chi connectivity index (χ4n) is 1.66. The van der Waals surface area contributed by atoms with Crippen LogP contribution in [0.2, 0.25) is 0 Å². The minimum absolute atomic E-state index is 0.344. The van der Waals surface area contributed by atoms with Crippen LogP contribution in [0.25, 0.3) is 0 Å². The Hall–Kier alpha value is -1.60. The summed E-state index contributed by atoms with van der Waals surface area (Å²) in [7, 11) is 2.01. The molecule has 0 aliphatic carbocycles. The van der Waals surface area contributed by atoms with Crippen molar-refractivity contribution in [2.45, 2.75) is 13.1 Å². The lowest BCUT2D eigenvalue weighted by Crippen LogP contribution is -2.07. The molecule has 1 aromatic rings. The van der Waals surface area contributed by atoms with Crippen molar-refractivity contribution >= 4 is 5.82 Å². The van der Waals surface area contributed by atoms with Crippen LogP contribution in [-0.4, -0.2) is 16.9 Å². The van der Waals surface area contributed by atoms with Crippen LogP contribution in [0, 0.1) is 11.3 Å². The number of aromatic nitrogens is 1.